The number of ether oxygens (including phenoxy) is 2. The van der Waals surface area contributed by atoms with Gasteiger partial charge >= 0.3 is 12.1 Å². The molecule has 2 unspecified atom stereocenters. The molecule has 1 aliphatic carbocycles. The van der Waals surface area contributed by atoms with E-state index >= 15 is 0 Å². The van der Waals surface area contributed by atoms with Crippen LogP contribution in [0.25, 0.3) is 0 Å². The Morgan fingerprint density at radius 2 is 1.67 bits per heavy atom. The van der Waals surface area contributed by atoms with E-state index in [1.165, 1.54) is 0 Å². The lowest BCUT2D eigenvalue weighted by Gasteiger charge is -2.54. The Morgan fingerprint density at radius 1 is 1.12 bits per heavy atom. The molecular formula is C18H32N2O4. The van der Waals surface area contributed by atoms with Crippen LogP contribution < -0.4 is 0 Å². The molecule has 1 saturated heterocycles. The normalized spacial score (nSPS) is 27.3. The molecule has 1 heterocycles. The predicted octanol–water partition coefficient (Wildman–Crippen LogP) is 2.80. The fourth-order valence-electron chi connectivity index (χ4n) is 3.77. The highest BCUT2D eigenvalue weighted by Crippen LogP contribution is 2.41. The van der Waals surface area contributed by atoms with Crippen LogP contribution in [-0.4, -0.2) is 64.8 Å². The smallest absolute Gasteiger partial charge is 0.410 e. The second kappa shape index (κ2) is 6.90. The van der Waals surface area contributed by atoms with Crippen molar-refractivity contribution in [2.45, 2.75) is 84.0 Å². The maximum Gasteiger partial charge on any atom is 0.410 e. The molecule has 138 valence electrons. The lowest BCUT2D eigenvalue weighted by atomic mass is 9.74. The Kier molecular flexibility index (Phi) is 5.47. The zero-order valence-corrected chi connectivity index (χ0v) is 15.9. The van der Waals surface area contributed by atoms with Gasteiger partial charge in [0, 0.05) is 25.2 Å². The van der Waals surface area contributed by atoms with Gasteiger partial charge < -0.3 is 14.4 Å². The maximum atomic E-state index is 12.5. The molecule has 6 heteroatoms. The molecule has 2 aliphatic rings. The standard InChI is InChI=1S/C18H32N2O4/c1-7-23-15(21)18(9-8-10-18)19-11-13(2)20(14(3)12-19)16(22)24-17(4,5)6/h13-14H,7-12H2,1-6H3. The molecule has 0 spiro atoms. The summed E-state index contributed by atoms with van der Waals surface area (Å²) in [7, 11) is 0. The monoisotopic (exact) mass is 340 g/mol. The van der Waals surface area contributed by atoms with Crippen molar-refractivity contribution >= 4 is 12.1 Å². The summed E-state index contributed by atoms with van der Waals surface area (Å²) in [4.78, 5) is 29.0. The van der Waals surface area contributed by atoms with Crippen LogP contribution in [0, 0.1) is 0 Å². The predicted molar refractivity (Wildman–Crippen MR) is 91.8 cm³/mol. The van der Waals surface area contributed by atoms with Crippen LogP contribution in [0.15, 0.2) is 0 Å². The van der Waals surface area contributed by atoms with E-state index < -0.39 is 11.1 Å². The number of esters is 1. The number of carbonyl (C=O) groups is 2. The van der Waals surface area contributed by atoms with E-state index in [2.05, 4.69) is 4.90 Å². The minimum Gasteiger partial charge on any atom is -0.465 e. The number of carbonyl (C=O) groups excluding carboxylic acids is 2. The summed E-state index contributed by atoms with van der Waals surface area (Å²) in [6.45, 7) is 13.3. The van der Waals surface area contributed by atoms with Crippen LogP contribution >= 0.6 is 0 Å². The van der Waals surface area contributed by atoms with Gasteiger partial charge in [0.2, 0.25) is 0 Å². The topological polar surface area (TPSA) is 59.1 Å². The van der Waals surface area contributed by atoms with E-state index in [-0.39, 0.29) is 24.1 Å². The molecular weight excluding hydrogens is 308 g/mol. The lowest BCUT2D eigenvalue weighted by molar-refractivity contribution is -0.169. The largest absolute Gasteiger partial charge is 0.465 e. The van der Waals surface area contributed by atoms with E-state index in [4.69, 9.17) is 9.47 Å². The summed E-state index contributed by atoms with van der Waals surface area (Å²) in [5, 5.41) is 0. The van der Waals surface area contributed by atoms with Crippen molar-refractivity contribution in [3.05, 3.63) is 0 Å². The summed E-state index contributed by atoms with van der Waals surface area (Å²) < 4.78 is 10.9. The first kappa shape index (κ1) is 19.0. The Bertz CT molecular complexity index is 470. The Hall–Kier alpha value is -1.30. The molecule has 2 atom stereocenters. The van der Waals surface area contributed by atoms with Crippen LogP contribution in [0.3, 0.4) is 0 Å². The molecule has 24 heavy (non-hydrogen) atoms. The van der Waals surface area contributed by atoms with E-state index in [9.17, 15) is 9.59 Å². The first-order valence-corrected chi connectivity index (χ1v) is 9.04. The zero-order valence-electron chi connectivity index (χ0n) is 15.9. The molecule has 0 radical (unpaired) electrons. The number of nitrogens with zero attached hydrogens (tertiary/aromatic N) is 2. The van der Waals surface area contributed by atoms with Gasteiger partial charge in [-0.2, -0.15) is 0 Å². The van der Waals surface area contributed by atoms with Crippen molar-refractivity contribution in [2.24, 2.45) is 0 Å². The number of rotatable bonds is 3. The summed E-state index contributed by atoms with van der Waals surface area (Å²) >= 11 is 0. The highest BCUT2D eigenvalue weighted by molar-refractivity contribution is 5.82. The van der Waals surface area contributed by atoms with Crippen LogP contribution in [0.1, 0.15) is 60.8 Å². The van der Waals surface area contributed by atoms with E-state index in [1.54, 1.807) is 4.90 Å². The van der Waals surface area contributed by atoms with Gasteiger partial charge in [-0.15, -0.1) is 0 Å². The third kappa shape index (κ3) is 3.68. The molecule has 0 aromatic heterocycles. The van der Waals surface area contributed by atoms with E-state index in [0.29, 0.717) is 19.7 Å². The summed E-state index contributed by atoms with van der Waals surface area (Å²) in [6.07, 6.45) is 2.46. The number of hydrogen-bond donors (Lipinski definition) is 0. The van der Waals surface area contributed by atoms with Crippen molar-refractivity contribution in [3.63, 3.8) is 0 Å². The summed E-state index contributed by atoms with van der Waals surface area (Å²) in [5.74, 6) is -0.110. The fourth-order valence-corrected chi connectivity index (χ4v) is 3.77. The Balaban J connectivity index is 2.09. The Labute approximate surface area is 145 Å². The fraction of sp³-hybridized carbons (Fsp3) is 0.889. The van der Waals surface area contributed by atoms with Crippen molar-refractivity contribution in [3.8, 4) is 0 Å². The molecule has 0 N–H and O–H groups in total. The average molecular weight is 340 g/mol. The van der Waals surface area contributed by atoms with Gasteiger partial charge in [0.1, 0.15) is 11.1 Å². The van der Waals surface area contributed by atoms with Crippen molar-refractivity contribution < 1.29 is 19.1 Å². The molecule has 0 aromatic rings. The second-order valence-electron chi connectivity index (χ2n) is 8.10. The van der Waals surface area contributed by atoms with Gasteiger partial charge in [-0.25, -0.2) is 4.79 Å². The van der Waals surface area contributed by atoms with Gasteiger partial charge in [0.05, 0.1) is 6.61 Å². The minimum atomic E-state index is -0.506. The molecule has 1 amide bonds. The van der Waals surface area contributed by atoms with Crippen LogP contribution in [0.2, 0.25) is 0 Å². The van der Waals surface area contributed by atoms with Crippen molar-refractivity contribution in [2.75, 3.05) is 19.7 Å². The summed E-state index contributed by atoms with van der Waals surface area (Å²) in [6, 6.07) is -0.00833. The molecule has 0 aromatic carbocycles. The zero-order chi connectivity index (χ0) is 18.1. The van der Waals surface area contributed by atoms with Gasteiger partial charge in [-0.1, -0.05) is 0 Å². The molecule has 2 rings (SSSR count). The molecule has 1 aliphatic heterocycles. The first-order chi connectivity index (χ1) is 11.1. The number of hydrogen-bond acceptors (Lipinski definition) is 5. The quantitative estimate of drug-likeness (QED) is 0.740. The number of piperazine rings is 1. The average Bonchev–Trinajstić information content (AvgIpc) is 2.34. The second-order valence-corrected chi connectivity index (χ2v) is 8.10. The van der Waals surface area contributed by atoms with E-state index in [0.717, 1.165) is 19.3 Å². The maximum absolute atomic E-state index is 12.5. The molecule has 0 bridgehead atoms. The molecule has 1 saturated carbocycles. The lowest BCUT2D eigenvalue weighted by Crippen LogP contribution is -2.69. The van der Waals surface area contributed by atoms with E-state index in [1.807, 2.05) is 41.5 Å². The SMILES string of the molecule is CCOC(=O)C1(N2CC(C)N(C(=O)OC(C)(C)C)C(C)C2)CCC1. The third-order valence-electron chi connectivity index (χ3n) is 4.96. The van der Waals surface area contributed by atoms with Gasteiger partial charge in [0.25, 0.3) is 0 Å². The highest BCUT2D eigenvalue weighted by atomic mass is 16.6. The minimum absolute atomic E-state index is 0.00417. The van der Waals surface area contributed by atoms with Crippen molar-refractivity contribution in [1.29, 1.82) is 0 Å². The van der Waals surface area contributed by atoms with Gasteiger partial charge in [-0.3, -0.25) is 9.69 Å². The van der Waals surface area contributed by atoms with Crippen molar-refractivity contribution in [1.82, 2.24) is 9.80 Å². The van der Waals surface area contributed by atoms with Crippen LogP contribution in [0.5, 0.6) is 0 Å². The highest BCUT2D eigenvalue weighted by Gasteiger charge is 2.53. The van der Waals surface area contributed by atoms with Crippen LogP contribution in [0.4, 0.5) is 4.79 Å². The molecule has 2 fully saturated rings. The third-order valence-corrected chi connectivity index (χ3v) is 4.96. The Morgan fingerprint density at radius 3 is 2.04 bits per heavy atom. The molecule has 6 nitrogen and oxygen atoms in total. The first-order valence-electron chi connectivity index (χ1n) is 9.04. The van der Waals surface area contributed by atoms with Gasteiger partial charge in [-0.05, 0) is 60.8 Å². The van der Waals surface area contributed by atoms with Crippen LogP contribution in [-0.2, 0) is 14.3 Å². The number of amides is 1. The summed E-state index contributed by atoms with van der Waals surface area (Å²) in [5.41, 5.74) is -0.994. The van der Waals surface area contributed by atoms with Gasteiger partial charge in [0.15, 0.2) is 0 Å².